The van der Waals surface area contributed by atoms with Crippen molar-refractivity contribution in [3.05, 3.63) is 140 Å². The molecule has 170 valence electrons. The summed E-state index contributed by atoms with van der Waals surface area (Å²) in [5.74, 6) is 0. The number of halogens is 1. The molecule has 0 aliphatic heterocycles. The third-order valence-corrected chi connectivity index (χ3v) is 11.0. The first kappa shape index (κ1) is 23.5. The Morgan fingerprint density at radius 3 is 1.57 bits per heavy atom. The average molecular weight is 533 g/mol. The maximum absolute atomic E-state index is 2.47. The average Bonchev–Trinajstić information content (AvgIpc) is 2.92. The van der Waals surface area contributed by atoms with Crippen molar-refractivity contribution >= 4 is 44.7 Å². The third-order valence-electron chi connectivity index (χ3n) is 6.97. The van der Waals surface area contributed by atoms with Gasteiger partial charge in [0.25, 0.3) is 0 Å². The zero-order valence-corrected chi connectivity index (χ0v) is 22.1. The molecular weight excluding hydrogens is 507 g/mol. The van der Waals surface area contributed by atoms with E-state index in [1.54, 1.807) is 0 Å². The molecule has 0 aliphatic carbocycles. The molecule has 6 aromatic rings. The van der Waals surface area contributed by atoms with E-state index in [1.807, 2.05) is 0 Å². The van der Waals surface area contributed by atoms with Crippen molar-refractivity contribution in [2.45, 2.75) is 0 Å². The molecule has 0 N–H and O–H groups in total. The van der Waals surface area contributed by atoms with Crippen molar-refractivity contribution in [1.29, 1.82) is 0 Å². The van der Waals surface area contributed by atoms with Gasteiger partial charge in [-0.3, -0.25) is 0 Å². The Balaban J connectivity index is 0.00000253. The minimum absolute atomic E-state index is 0. The Kier molecular flexibility index (Phi) is 6.56. The Morgan fingerprint density at radius 2 is 0.914 bits per heavy atom. The summed E-state index contributed by atoms with van der Waals surface area (Å²) in [6, 6.07) is 51.2. The second-order valence-corrected chi connectivity index (χ2v) is 12.4. The Hall–Kier alpha value is -3.25. The van der Waals surface area contributed by atoms with Gasteiger partial charge < -0.3 is 17.0 Å². The number of hydrogen-bond acceptors (Lipinski definition) is 0. The van der Waals surface area contributed by atoms with E-state index in [0.29, 0.717) is 0 Å². The van der Waals surface area contributed by atoms with Crippen molar-refractivity contribution in [3.63, 3.8) is 0 Å². The maximum Gasteiger partial charge on any atom is 0.112 e. The monoisotopic (exact) mass is 532 g/mol. The lowest BCUT2D eigenvalue weighted by atomic mass is 9.95. The van der Waals surface area contributed by atoms with E-state index in [9.17, 15) is 0 Å². The number of benzene rings is 6. The van der Waals surface area contributed by atoms with Gasteiger partial charge in [0.2, 0.25) is 0 Å². The van der Waals surface area contributed by atoms with Gasteiger partial charge >= 0.3 is 0 Å². The van der Waals surface area contributed by atoms with E-state index in [1.165, 1.54) is 48.6 Å². The van der Waals surface area contributed by atoms with Crippen LogP contribution in [0, 0.1) is 0 Å². The molecule has 0 saturated carbocycles. The number of rotatable bonds is 4. The summed E-state index contributed by atoms with van der Waals surface area (Å²) in [5, 5.41) is 9.38. The predicted octanol–water partition coefficient (Wildman–Crippen LogP) is 4.59. The molecular formula is C33H26BrP. The van der Waals surface area contributed by atoms with Crippen LogP contribution in [0.15, 0.2) is 140 Å². The van der Waals surface area contributed by atoms with Crippen molar-refractivity contribution in [2.24, 2.45) is 0 Å². The molecule has 0 spiro atoms. The van der Waals surface area contributed by atoms with Gasteiger partial charge in [0, 0.05) is 5.56 Å². The lowest BCUT2D eigenvalue weighted by Gasteiger charge is -2.26. The highest BCUT2D eigenvalue weighted by Gasteiger charge is 2.42. The molecule has 6 rings (SSSR count). The quantitative estimate of drug-likeness (QED) is 0.230. The highest BCUT2D eigenvalue weighted by atomic mass is 79.9. The Morgan fingerprint density at radius 1 is 0.429 bits per heavy atom. The van der Waals surface area contributed by atoms with Crippen LogP contribution in [0.1, 0.15) is 0 Å². The van der Waals surface area contributed by atoms with Crippen molar-refractivity contribution in [3.8, 4) is 11.1 Å². The second kappa shape index (κ2) is 9.78. The third kappa shape index (κ3) is 4.10. The van der Waals surface area contributed by atoms with Crippen LogP contribution in [-0.4, -0.2) is 6.66 Å². The van der Waals surface area contributed by atoms with Crippen LogP contribution in [0.25, 0.3) is 32.7 Å². The molecule has 0 radical (unpaired) electrons. The molecule has 0 heterocycles. The summed E-state index contributed by atoms with van der Waals surface area (Å²) in [6.07, 6.45) is 0. The van der Waals surface area contributed by atoms with Gasteiger partial charge in [0.15, 0.2) is 0 Å². The van der Waals surface area contributed by atoms with E-state index < -0.39 is 7.26 Å². The first-order valence-corrected chi connectivity index (χ1v) is 14.0. The van der Waals surface area contributed by atoms with Crippen LogP contribution in [0.5, 0.6) is 0 Å². The van der Waals surface area contributed by atoms with Crippen LogP contribution >= 0.6 is 7.26 Å². The summed E-state index contributed by atoms with van der Waals surface area (Å²) in [4.78, 5) is 0. The fourth-order valence-electron chi connectivity index (χ4n) is 5.17. The minimum Gasteiger partial charge on any atom is -1.00 e. The first-order valence-electron chi connectivity index (χ1n) is 11.7. The zero-order chi connectivity index (χ0) is 23.0. The smallest absolute Gasteiger partial charge is 0.112 e. The molecule has 0 atom stereocenters. The summed E-state index contributed by atoms with van der Waals surface area (Å²) in [5.41, 5.74) is 2.63. The Labute approximate surface area is 218 Å². The summed E-state index contributed by atoms with van der Waals surface area (Å²) in [6.45, 7) is 2.47. The van der Waals surface area contributed by atoms with Crippen molar-refractivity contribution in [2.75, 3.05) is 6.66 Å². The van der Waals surface area contributed by atoms with Gasteiger partial charge in [-0.15, -0.1) is 0 Å². The molecule has 0 saturated heterocycles. The fourth-order valence-corrected chi connectivity index (χ4v) is 8.62. The lowest BCUT2D eigenvalue weighted by Crippen LogP contribution is -3.00. The highest BCUT2D eigenvalue weighted by molar-refractivity contribution is 7.95. The van der Waals surface area contributed by atoms with E-state index in [-0.39, 0.29) is 17.0 Å². The normalized spacial score (nSPS) is 11.3. The molecule has 0 nitrogen and oxygen atoms in total. The molecule has 0 aromatic heterocycles. The van der Waals surface area contributed by atoms with E-state index in [4.69, 9.17) is 0 Å². The second-order valence-electron chi connectivity index (χ2n) is 8.92. The summed E-state index contributed by atoms with van der Waals surface area (Å²) >= 11 is 0. The number of hydrogen-bond donors (Lipinski definition) is 0. The molecule has 0 fully saturated rings. The summed E-state index contributed by atoms with van der Waals surface area (Å²) in [7, 11) is -1.86. The van der Waals surface area contributed by atoms with Crippen LogP contribution < -0.4 is 32.9 Å². The molecule has 0 amide bonds. The molecule has 0 aliphatic rings. The van der Waals surface area contributed by atoms with E-state index >= 15 is 0 Å². The highest BCUT2D eigenvalue weighted by Crippen LogP contribution is 2.53. The SMILES string of the molecule is C[P+](c1ccccc1)(c1ccccc1)c1ccccc1-c1cccc2cc3ccccc3cc12.[Br-]. The molecule has 6 aromatic carbocycles. The van der Waals surface area contributed by atoms with Crippen LogP contribution in [0.2, 0.25) is 0 Å². The molecule has 0 unspecified atom stereocenters. The molecule has 0 bridgehead atoms. The molecule has 2 heteroatoms. The molecule has 35 heavy (non-hydrogen) atoms. The van der Waals surface area contributed by atoms with Crippen molar-refractivity contribution in [1.82, 2.24) is 0 Å². The van der Waals surface area contributed by atoms with Crippen LogP contribution in [-0.2, 0) is 0 Å². The van der Waals surface area contributed by atoms with E-state index in [2.05, 4.69) is 146 Å². The topological polar surface area (TPSA) is 0 Å². The zero-order valence-electron chi connectivity index (χ0n) is 19.6. The largest absolute Gasteiger partial charge is 1.00 e. The van der Waals surface area contributed by atoms with Crippen LogP contribution in [0.4, 0.5) is 0 Å². The maximum atomic E-state index is 2.47. The Bertz CT molecular complexity index is 1570. The van der Waals surface area contributed by atoms with Gasteiger partial charge in [-0.2, -0.15) is 0 Å². The predicted molar refractivity (Wildman–Crippen MR) is 152 cm³/mol. The lowest BCUT2D eigenvalue weighted by molar-refractivity contribution is -0.00000641. The van der Waals surface area contributed by atoms with Crippen molar-refractivity contribution < 1.29 is 17.0 Å². The van der Waals surface area contributed by atoms with Gasteiger partial charge in [-0.1, -0.05) is 97.1 Å². The number of fused-ring (bicyclic) bond motifs is 2. The van der Waals surface area contributed by atoms with Gasteiger partial charge in [-0.05, 0) is 69.6 Å². The van der Waals surface area contributed by atoms with Gasteiger partial charge in [-0.25, -0.2) is 0 Å². The standard InChI is InChI=1S/C33H26P.BrH/c1-34(28-16-4-2-5-17-28,29-18-6-3-7-19-29)33-22-11-10-20-31(33)30-21-12-15-27-23-25-13-8-9-14-26(25)24-32(27)30;/h2-24H,1H3;1H/q+1;/p-1. The van der Waals surface area contributed by atoms with Gasteiger partial charge in [0.05, 0.1) is 6.66 Å². The van der Waals surface area contributed by atoms with E-state index in [0.717, 1.165) is 0 Å². The fraction of sp³-hybridized carbons (Fsp3) is 0.0303. The van der Waals surface area contributed by atoms with Gasteiger partial charge in [0.1, 0.15) is 23.2 Å². The first-order chi connectivity index (χ1) is 16.7. The summed E-state index contributed by atoms with van der Waals surface area (Å²) < 4.78 is 0. The minimum atomic E-state index is -1.86. The van der Waals surface area contributed by atoms with Crippen LogP contribution in [0.3, 0.4) is 0 Å².